The number of hydrogen-bond donors (Lipinski definition) is 1. The Kier molecular flexibility index (Phi) is 5.54. The first-order valence-corrected chi connectivity index (χ1v) is 8.43. The van der Waals surface area contributed by atoms with Gasteiger partial charge in [0.25, 0.3) is 5.91 Å². The highest BCUT2D eigenvalue weighted by Crippen LogP contribution is 2.23. The van der Waals surface area contributed by atoms with Gasteiger partial charge >= 0.3 is 0 Å². The van der Waals surface area contributed by atoms with Gasteiger partial charge in [0.05, 0.1) is 0 Å². The average molecular weight is 347 g/mol. The highest BCUT2D eigenvalue weighted by Gasteiger charge is 2.08. The summed E-state index contributed by atoms with van der Waals surface area (Å²) in [6, 6.07) is 22.7. The number of hydrogen-bond acceptors (Lipinski definition) is 3. The lowest BCUT2D eigenvalue weighted by Crippen LogP contribution is -2.20. The van der Waals surface area contributed by atoms with Crippen LogP contribution in [-0.4, -0.2) is 12.5 Å². The molecule has 0 radical (unpaired) electrons. The summed E-state index contributed by atoms with van der Waals surface area (Å²) < 4.78 is 11.4. The van der Waals surface area contributed by atoms with Crippen molar-refractivity contribution in [2.75, 3.05) is 11.9 Å². The maximum atomic E-state index is 12.1. The molecule has 0 unspecified atom stereocenters. The Morgan fingerprint density at radius 2 is 1.42 bits per heavy atom. The van der Waals surface area contributed by atoms with Crippen LogP contribution >= 0.6 is 0 Å². The fraction of sp³-hybridized carbons (Fsp3) is 0.136. The van der Waals surface area contributed by atoms with Crippen LogP contribution in [0.15, 0.2) is 72.8 Å². The average Bonchev–Trinajstić information content (AvgIpc) is 2.64. The van der Waals surface area contributed by atoms with Gasteiger partial charge in [-0.3, -0.25) is 4.79 Å². The van der Waals surface area contributed by atoms with E-state index in [1.807, 2.05) is 74.5 Å². The standard InChI is InChI=1S/C22H21NO3/c1-16-7-6-8-17(2)22(16)25-15-21(24)23-18-11-13-20(14-12-18)26-19-9-4-3-5-10-19/h3-14H,15H2,1-2H3,(H,23,24). The molecule has 3 aromatic rings. The topological polar surface area (TPSA) is 47.6 Å². The highest BCUT2D eigenvalue weighted by atomic mass is 16.5. The van der Waals surface area contributed by atoms with Crippen LogP contribution in [0.5, 0.6) is 17.2 Å². The molecule has 0 atom stereocenters. The molecule has 1 N–H and O–H groups in total. The van der Waals surface area contributed by atoms with Crippen molar-refractivity contribution in [3.63, 3.8) is 0 Å². The van der Waals surface area contributed by atoms with E-state index in [0.717, 1.165) is 22.6 Å². The summed E-state index contributed by atoms with van der Waals surface area (Å²) in [4.78, 5) is 12.1. The number of nitrogens with one attached hydrogen (secondary N) is 1. The molecule has 0 aliphatic heterocycles. The molecule has 3 rings (SSSR count). The molecule has 26 heavy (non-hydrogen) atoms. The molecule has 0 aliphatic rings. The van der Waals surface area contributed by atoms with Crippen LogP contribution in [-0.2, 0) is 4.79 Å². The molecule has 0 bridgehead atoms. The van der Waals surface area contributed by atoms with Gasteiger partial charge in [-0.05, 0) is 61.4 Å². The molecule has 0 heterocycles. The molecule has 0 aromatic heterocycles. The summed E-state index contributed by atoms with van der Waals surface area (Å²) in [5, 5.41) is 2.82. The van der Waals surface area contributed by atoms with Crippen LogP contribution in [0.1, 0.15) is 11.1 Å². The minimum Gasteiger partial charge on any atom is -0.483 e. The first-order valence-electron chi connectivity index (χ1n) is 8.43. The second kappa shape index (κ2) is 8.21. The zero-order chi connectivity index (χ0) is 18.4. The maximum Gasteiger partial charge on any atom is 0.262 e. The van der Waals surface area contributed by atoms with Gasteiger partial charge in [0, 0.05) is 5.69 Å². The summed E-state index contributed by atoms with van der Waals surface area (Å²) in [7, 11) is 0. The number of benzene rings is 3. The predicted molar refractivity (Wildman–Crippen MR) is 103 cm³/mol. The molecule has 3 aromatic carbocycles. The predicted octanol–water partition coefficient (Wildman–Crippen LogP) is 5.11. The third-order valence-electron chi connectivity index (χ3n) is 3.87. The lowest BCUT2D eigenvalue weighted by Gasteiger charge is -2.12. The van der Waals surface area contributed by atoms with Crippen LogP contribution in [0, 0.1) is 13.8 Å². The molecule has 0 spiro atoms. The Balaban J connectivity index is 1.54. The van der Waals surface area contributed by atoms with E-state index >= 15 is 0 Å². The van der Waals surface area contributed by atoms with Crippen molar-refractivity contribution in [3.8, 4) is 17.2 Å². The summed E-state index contributed by atoms with van der Waals surface area (Å²) in [5.41, 5.74) is 2.72. The third-order valence-corrected chi connectivity index (χ3v) is 3.87. The summed E-state index contributed by atoms with van der Waals surface area (Å²) >= 11 is 0. The first-order chi connectivity index (χ1) is 12.6. The lowest BCUT2D eigenvalue weighted by molar-refractivity contribution is -0.118. The summed E-state index contributed by atoms with van der Waals surface area (Å²) in [6.45, 7) is 3.89. The maximum absolute atomic E-state index is 12.1. The van der Waals surface area contributed by atoms with E-state index in [4.69, 9.17) is 9.47 Å². The van der Waals surface area contributed by atoms with Crippen LogP contribution < -0.4 is 14.8 Å². The highest BCUT2D eigenvalue weighted by molar-refractivity contribution is 5.91. The second-order valence-corrected chi connectivity index (χ2v) is 6.00. The molecule has 0 saturated heterocycles. The number of ether oxygens (including phenoxy) is 2. The van der Waals surface area contributed by atoms with E-state index in [9.17, 15) is 4.79 Å². The number of anilines is 1. The van der Waals surface area contributed by atoms with Crippen molar-refractivity contribution in [1.82, 2.24) is 0 Å². The molecule has 1 amide bonds. The van der Waals surface area contributed by atoms with Crippen LogP contribution in [0.2, 0.25) is 0 Å². The smallest absolute Gasteiger partial charge is 0.262 e. The third kappa shape index (κ3) is 4.63. The number of para-hydroxylation sites is 2. The van der Waals surface area contributed by atoms with Crippen molar-refractivity contribution in [2.45, 2.75) is 13.8 Å². The van der Waals surface area contributed by atoms with Gasteiger partial charge in [0.1, 0.15) is 17.2 Å². The van der Waals surface area contributed by atoms with Gasteiger partial charge in [0.15, 0.2) is 6.61 Å². The van der Waals surface area contributed by atoms with E-state index in [1.54, 1.807) is 12.1 Å². The number of carbonyl (C=O) groups excluding carboxylic acids is 1. The Labute approximate surface area is 153 Å². The van der Waals surface area contributed by atoms with Gasteiger partial charge in [-0.15, -0.1) is 0 Å². The fourth-order valence-corrected chi connectivity index (χ4v) is 2.59. The molecule has 0 aliphatic carbocycles. The Morgan fingerprint density at radius 3 is 2.08 bits per heavy atom. The van der Waals surface area contributed by atoms with Crippen LogP contribution in [0.3, 0.4) is 0 Å². The zero-order valence-electron chi connectivity index (χ0n) is 14.9. The van der Waals surface area contributed by atoms with E-state index in [-0.39, 0.29) is 12.5 Å². The second-order valence-electron chi connectivity index (χ2n) is 6.00. The van der Waals surface area contributed by atoms with Crippen molar-refractivity contribution in [3.05, 3.63) is 83.9 Å². The van der Waals surface area contributed by atoms with Gasteiger partial charge in [-0.25, -0.2) is 0 Å². The number of amides is 1. The Hall–Kier alpha value is -3.27. The Morgan fingerprint density at radius 1 is 0.808 bits per heavy atom. The van der Waals surface area contributed by atoms with Gasteiger partial charge in [0.2, 0.25) is 0 Å². The van der Waals surface area contributed by atoms with Gasteiger partial charge in [-0.2, -0.15) is 0 Å². The number of aryl methyl sites for hydroxylation is 2. The monoisotopic (exact) mass is 347 g/mol. The Bertz CT molecular complexity index is 853. The molecule has 4 nitrogen and oxygen atoms in total. The molecular weight excluding hydrogens is 326 g/mol. The molecule has 0 fully saturated rings. The van der Waals surface area contributed by atoms with Gasteiger partial charge in [-0.1, -0.05) is 36.4 Å². The zero-order valence-corrected chi connectivity index (χ0v) is 14.9. The van der Waals surface area contributed by atoms with Crippen molar-refractivity contribution < 1.29 is 14.3 Å². The molecular formula is C22H21NO3. The summed E-state index contributed by atoms with van der Waals surface area (Å²) in [5.74, 6) is 2.03. The number of carbonyl (C=O) groups is 1. The van der Waals surface area contributed by atoms with E-state index in [1.165, 1.54) is 0 Å². The van der Waals surface area contributed by atoms with E-state index in [2.05, 4.69) is 5.32 Å². The molecule has 132 valence electrons. The van der Waals surface area contributed by atoms with Crippen LogP contribution in [0.25, 0.3) is 0 Å². The quantitative estimate of drug-likeness (QED) is 0.674. The van der Waals surface area contributed by atoms with Crippen molar-refractivity contribution >= 4 is 11.6 Å². The molecule has 0 saturated carbocycles. The van der Waals surface area contributed by atoms with Crippen LogP contribution in [0.4, 0.5) is 5.69 Å². The number of rotatable bonds is 6. The van der Waals surface area contributed by atoms with Crippen molar-refractivity contribution in [2.24, 2.45) is 0 Å². The summed E-state index contributed by atoms with van der Waals surface area (Å²) in [6.07, 6.45) is 0. The van der Waals surface area contributed by atoms with Gasteiger partial charge < -0.3 is 14.8 Å². The minimum absolute atomic E-state index is 0.0338. The lowest BCUT2D eigenvalue weighted by atomic mass is 10.1. The normalized spacial score (nSPS) is 10.2. The van der Waals surface area contributed by atoms with Crippen molar-refractivity contribution in [1.29, 1.82) is 0 Å². The van der Waals surface area contributed by atoms with E-state index in [0.29, 0.717) is 11.4 Å². The minimum atomic E-state index is -0.204. The first kappa shape index (κ1) is 17.5. The van der Waals surface area contributed by atoms with E-state index < -0.39 is 0 Å². The largest absolute Gasteiger partial charge is 0.483 e. The SMILES string of the molecule is Cc1cccc(C)c1OCC(=O)Nc1ccc(Oc2ccccc2)cc1. The fourth-order valence-electron chi connectivity index (χ4n) is 2.59. The molecule has 4 heteroatoms.